The molecule has 0 radical (unpaired) electrons. The number of benzene rings is 1. The second-order valence-corrected chi connectivity index (χ2v) is 3.55. The van der Waals surface area contributed by atoms with Crippen molar-refractivity contribution in [1.82, 2.24) is 4.98 Å². The lowest BCUT2D eigenvalue weighted by molar-refractivity contribution is 0.321. The average molecular weight is 218 g/mol. The van der Waals surface area contributed by atoms with Crippen LogP contribution in [0.5, 0.6) is 0 Å². The minimum Gasteiger partial charge on any atom is -0.411 e. The normalized spacial score (nSPS) is 11.4. The van der Waals surface area contributed by atoms with Gasteiger partial charge in [-0.15, -0.1) is 5.16 Å². The molecular formula is C12H11FN2O. The number of halogens is 1. The lowest BCUT2D eigenvalue weighted by Gasteiger charge is -2.05. The summed E-state index contributed by atoms with van der Waals surface area (Å²) in [5, 5.41) is 12.1. The van der Waals surface area contributed by atoms with Crippen LogP contribution in [-0.4, -0.2) is 16.4 Å². The molecule has 4 heteroatoms. The Labute approximate surface area is 92.2 Å². The number of hydrogen-bond donors (Lipinski definition) is 1. The molecule has 16 heavy (non-hydrogen) atoms. The van der Waals surface area contributed by atoms with Gasteiger partial charge in [-0.25, -0.2) is 9.37 Å². The summed E-state index contributed by atoms with van der Waals surface area (Å²) in [7, 11) is 0. The van der Waals surface area contributed by atoms with Crippen LogP contribution in [0, 0.1) is 12.7 Å². The standard InChI is InChI=1S/C12H11FN2O/c1-8-9(5-6-14-16)7-10-3-2-4-11(13)12(10)15-8/h2-4,6-7,16H,5H2,1H3/b14-6+. The molecule has 82 valence electrons. The van der Waals surface area contributed by atoms with Crippen molar-refractivity contribution in [3.8, 4) is 0 Å². The summed E-state index contributed by atoms with van der Waals surface area (Å²) >= 11 is 0. The van der Waals surface area contributed by atoms with E-state index in [0.29, 0.717) is 11.9 Å². The van der Waals surface area contributed by atoms with Gasteiger partial charge in [-0.2, -0.15) is 0 Å². The Bertz CT molecular complexity index is 552. The zero-order valence-corrected chi connectivity index (χ0v) is 8.81. The van der Waals surface area contributed by atoms with Crippen molar-refractivity contribution in [3.05, 3.63) is 41.3 Å². The highest BCUT2D eigenvalue weighted by Crippen LogP contribution is 2.19. The first-order valence-electron chi connectivity index (χ1n) is 4.93. The van der Waals surface area contributed by atoms with Crippen molar-refractivity contribution in [2.24, 2.45) is 5.16 Å². The molecule has 0 saturated carbocycles. The van der Waals surface area contributed by atoms with Crippen molar-refractivity contribution in [2.75, 3.05) is 0 Å². The molecule has 0 aliphatic rings. The molecule has 1 aromatic carbocycles. The molecule has 0 atom stereocenters. The highest BCUT2D eigenvalue weighted by molar-refractivity contribution is 5.80. The predicted molar refractivity (Wildman–Crippen MR) is 60.4 cm³/mol. The van der Waals surface area contributed by atoms with E-state index in [-0.39, 0.29) is 5.82 Å². The molecule has 0 unspecified atom stereocenters. The molecule has 2 rings (SSSR count). The summed E-state index contributed by atoms with van der Waals surface area (Å²) in [6.45, 7) is 1.81. The molecule has 0 aliphatic heterocycles. The zero-order chi connectivity index (χ0) is 11.5. The van der Waals surface area contributed by atoms with Crippen LogP contribution >= 0.6 is 0 Å². The van der Waals surface area contributed by atoms with Crippen molar-refractivity contribution in [2.45, 2.75) is 13.3 Å². The van der Waals surface area contributed by atoms with Crippen molar-refractivity contribution in [1.29, 1.82) is 0 Å². The first kappa shape index (κ1) is 10.5. The quantitative estimate of drug-likeness (QED) is 0.478. The predicted octanol–water partition coefficient (Wildman–Crippen LogP) is 2.68. The summed E-state index contributed by atoms with van der Waals surface area (Å²) in [5.41, 5.74) is 2.05. The van der Waals surface area contributed by atoms with E-state index in [4.69, 9.17) is 5.21 Å². The van der Waals surface area contributed by atoms with Gasteiger partial charge in [0.1, 0.15) is 11.3 Å². The number of pyridine rings is 1. The van der Waals surface area contributed by atoms with E-state index in [1.807, 2.05) is 19.1 Å². The van der Waals surface area contributed by atoms with E-state index in [0.717, 1.165) is 16.6 Å². The lowest BCUT2D eigenvalue weighted by atomic mass is 10.1. The van der Waals surface area contributed by atoms with Gasteiger partial charge >= 0.3 is 0 Å². The Balaban J connectivity index is 2.58. The Kier molecular flexibility index (Phi) is 2.81. The van der Waals surface area contributed by atoms with Gasteiger partial charge in [0.2, 0.25) is 0 Å². The molecule has 3 nitrogen and oxygen atoms in total. The van der Waals surface area contributed by atoms with Gasteiger partial charge in [-0.1, -0.05) is 12.1 Å². The van der Waals surface area contributed by atoms with Gasteiger partial charge in [-0.05, 0) is 24.6 Å². The van der Waals surface area contributed by atoms with E-state index in [2.05, 4.69) is 10.1 Å². The van der Waals surface area contributed by atoms with Crippen LogP contribution in [0.3, 0.4) is 0 Å². The SMILES string of the molecule is Cc1nc2c(F)cccc2cc1C/C=N/O. The van der Waals surface area contributed by atoms with E-state index >= 15 is 0 Å². The molecule has 0 bridgehead atoms. The average Bonchev–Trinajstić information content (AvgIpc) is 2.28. The van der Waals surface area contributed by atoms with Gasteiger partial charge in [0.25, 0.3) is 0 Å². The molecule has 0 spiro atoms. The van der Waals surface area contributed by atoms with Gasteiger partial charge in [0, 0.05) is 23.7 Å². The highest BCUT2D eigenvalue weighted by atomic mass is 19.1. The number of fused-ring (bicyclic) bond motifs is 1. The Morgan fingerprint density at radius 2 is 2.31 bits per heavy atom. The van der Waals surface area contributed by atoms with E-state index < -0.39 is 0 Å². The van der Waals surface area contributed by atoms with Crippen LogP contribution in [-0.2, 0) is 6.42 Å². The first-order valence-corrected chi connectivity index (χ1v) is 4.93. The lowest BCUT2D eigenvalue weighted by Crippen LogP contribution is -1.96. The molecule has 2 aromatic rings. The molecule has 0 saturated heterocycles. The number of rotatable bonds is 2. The first-order chi connectivity index (χ1) is 7.72. The fourth-order valence-corrected chi connectivity index (χ4v) is 1.64. The van der Waals surface area contributed by atoms with Crippen LogP contribution in [0.15, 0.2) is 29.4 Å². The van der Waals surface area contributed by atoms with Crippen LogP contribution in [0.1, 0.15) is 11.3 Å². The van der Waals surface area contributed by atoms with E-state index in [1.54, 1.807) is 6.07 Å². The van der Waals surface area contributed by atoms with Gasteiger partial charge in [-0.3, -0.25) is 0 Å². The summed E-state index contributed by atoms with van der Waals surface area (Å²) in [6.07, 6.45) is 1.87. The third-order valence-electron chi connectivity index (χ3n) is 2.48. The zero-order valence-electron chi connectivity index (χ0n) is 8.81. The number of para-hydroxylation sites is 1. The maximum absolute atomic E-state index is 13.4. The van der Waals surface area contributed by atoms with Crippen LogP contribution in [0.4, 0.5) is 4.39 Å². The highest BCUT2D eigenvalue weighted by Gasteiger charge is 2.05. The second kappa shape index (κ2) is 4.26. The largest absolute Gasteiger partial charge is 0.411 e. The van der Waals surface area contributed by atoms with Crippen molar-refractivity contribution in [3.63, 3.8) is 0 Å². The van der Waals surface area contributed by atoms with Crippen molar-refractivity contribution >= 4 is 17.1 Å². The molecular weight excluding hydrogens is 207 g/mol. The molecule has 1 heterocycles. The van der Waals surface area contributed by atoms with Gasteiger partial charge < -0.3 is 5.21 Å². The molecule has 0 amide bonds. The van der Waals surface area contributed by atoms with E-state index in [9.17, 15) is 4.39 Å². The van der Waals surface area contributed by atoms with Gasteiger partial charge in [0.05, 0.1) is 0 Å². The summed E-state index contributed by atoms with van der Waals surface area (Å²) in [6, 6.07) is 6.72. The molecule has 1 aromatic heterocycles. The van der Waals surface area contributed by atoms with E-state index in [1.165, 1.54) is 12.3 Å². The van der Waals surface area contributed by atoms with Crippen LogP contribution in [0.2, 0.25) is 0 Å². The van der Waals surface area contributed by atoms with Crippen LogP contribution < -0.4 is 0 Å². The second-order valence-electron chi connectivity index (χ2n) is 3.55. The molecule has 0 fully saturated rings. The Hall–Kier alpha value is -1.97. The third kappa shape index (κ3) is 1.86. The van der Waals surface area contributed by atoms with Crippen molar-refractivity contribution < 1.29 is 9.60 Å². The topological polar surface area (TPSA) is 45.5 Å². The maximum Gasteiger partial charge on any atom is 0.149 e. The third-order valence-corrected chi connectivity index (χ3v) is 2.48. The number of aryl methyl sites for hydroxylation is 1. The minimum atomic E-state index is -0.317. The maximum atomic E-state index is 13.4. The molecule has 1 N–H and O–H groups in total. The fraction of sp³-hybridized carbons (Fsp3) is 0.167. The summed E-state index contributed by atoms with van der Waals surface area (Å²) in [4.78, 5) is 4.21. The molecule has 0 aliphatic carbocycles. The minimum absolute atomic E-state index is 0.317. The Morgan fingerprint density at radius 3 is 3.06 bits per heavy atom. The number of oxime groups is 1. The Morgan fingerprint density at radius 1 is 1.50 bits per heavy atom. The van der Waals surface area contributed by atoms with Crippen LogP contribution in [0.25, 0.3) is 10.9 Å². The summed E-state index contributed by atoms with van der Waals surface area (Å²) < 4.78 is 13.4. The monoisotopic (exact) mass is 218 g/mol. The fourth-order valence-electron chi connectivity index (χ4n) is 1.64. The summed E-state index contributed by atoms with van der Waals surface area (Å²) in [5.74, 6) is -0.317. The number of aromatic nitrogens is 1. The smallest absolute Gasteiger partial charge is 0.149 e. The number of nitrogens with zero attached hydrogens (tertiary/aromatic N) is 2. The van der Waals surface area contributed by atoms with Gasteiger partial charge in [0.15, 0.2) is 0 Å². The number of hydrogen-bond acceptors (Lipinski definition) is 3.